The largest absolute Gasteiger partial charge is 0.370 e. The van der Waals surface area contributed by atoms with Gasteiger partial charge in [-0.25, -0.2) is 4.98 Å². The molecule has 0 fully saturated rings. The molecule has 0 saturated carbocycles. The lowest BCUT2D eigenvalue weighted by molar-refractivity contribution is 0.816. The molecule has 0 radical (unpaired) electrons. The van der Waals surface area contributed by atoms with Crippen LogP contribution in [0.3, 0.4) is 0 Å². The Hall–Kier alpha value is -1.83. The van der Waals surface area contributed by atoms with Crippen molar-refractivity contribution in [3.63, 3.8) is 0 Å². The van der Waals surface area contributed by atoms with Crippen molar-refractivity contribution >= 4 is 22.8 Å². The second-order valence-electron chi connectivity index (χ2n) is 5.09. The maximum Gasteiger partial charge on any atom is 0.133 e. The molecule has 0 unspecified atom stereocenters. The Morgan fingerprint density at radius 1 is 1.15 bits per heavy atom. The Labute approximate surface area is 121 Å². The van der Waals surface area contributed by atoms with Gasteiger partial charge in [0.25, 0.3) is 0 Å². The van der Waals surface area contributed by atoms with Gasteiger partial charge in [-0.1, -0.05) is 57.0 Å². The molecule has 0 saturated heterocycles. The van der Waals surface area contributed by atoms with Crippen molar-refractivity contribution in [1.82, 2.24) is 4.98 Å². The lowest BCUT2D eigenvalue weighted by Gasteiger charge is -2.09. The molecule has 0 amide bonds. The molecule has 0 spiro atoms. The van der Waals surface area contributed by atoms with Gasteiger partial charge in [-0.15, -0.1) is 0 Å². The normalized spacial score (nSPS) is 11.3. The minimum atomic E-state index is 0.959. The van der Waals surface area contributed by atoms with Gasteiger partial charge in [0.05, 0.1) is 5.52 Å². The molecule has 2 aromatic rings. The quantitative estimate of drug-likeness (QED) is 0.693. The molecule has 0 bridgehead atoms. The van der Waals surface area contributed by atoms with Crippen LogP contribution in [0.25, 0.3) is 17.0 Å². The van der Waals surface area contributed by atoms with Crippen LogP contribution in [-0.4, -0.2) is 11.5 Å². The van der Waals surface area contributed by atoms with E-state index in [0.29, 0.717) is 0 Å². The summed E-state index contributed by atoms with van der Waals surface area (Å²) in [5, 5.41) is 4.63. The summed E-state index contributed by atoms with van der Waals surface area (Å²) in [6, 6.07) is 10.5. The number of anilines is 1. The van der Waals surface area contributed by atoms with Crippen LogP contribution in [-0.2, 0) is 0 Å². The highest BCUT2D eigenvalue weighted by molar-refractivity contribution is 5.84. The van der Waals surface area contributed by atoms with Gasteiger partial charge in [0.2, 0.25) is 0 Å². The van der Waals surface area contributed by atoms with E-state index in [9.17, 15) is 0 Å². The summed E-state index contributed by atoms with van der Waals surface area (Å²) in [6.07, 6.45) is 9.18. The van der Waals surface area contributed by atoms with E-state index in [1.54, 1.807) is 0 Å². The SMILES string of the molecule is CCCC/C=C\c1cc2ccccc2nc1NCCC. The summed E-state index contributed by atoms with van der Waals surface area (Å²) in [6.45, 7) is 5.35. The third kappa shape index (κ3) is 3.83. The summed E-state index contributed by atoms with van der Waals surface area (Å²) in [5.74, 6) is 0.998. The molecule has 2 heteroatoms. The number of para-hydroxylation sites is 1. The molecule has 20 heavy (non-hydrogen) atoms. The molecule has 0 aliphatic rings. The van der Waals surface area contributed by atoms with Crippen LogP contribution in [0, 0.1) is 0 Å². The van der Waals surface area contributed by atoms with Gasteiger partial charge >= 0.3 is 0 Å². The zero-order valence-electron chi connectivity index (χ0n) is 12.5. The molecule has 0 aliphatic carbocycles. The summed E-state index contributed by atoms with van der Waals surface area (Å²) < 4.78 is 0. The lowest BCUT2D eigenvalue weighted by atomic mass is 10.1. The summed E-state index contributed by atoms with van der Waals surface area (Å²) in [4.78, 5) is 4.75. The summed E-state index contributed by atoms with van der Waals surface area (Å²) >= 11 is 0. The van der Waals surface area contributed by atoms with Gasteiger partial charge in [0, 0.05) is 17.5 Å². The van der Waals surface area contributed by atoms with Crippen molar-refractivity contribution in [1.29, 1.82) is 0 Å². The van der Waals surface area contributed by atoms with Gasteiger partial charge in [-0.05, 0) is 25.0 Å². The molecule has 1 aromatic carbocycles. The molecule has 1 N–H and O–H groups in total. The molecule has 0 atom stereocenters. The highest BCUT2D eigenvalue weighted by Crippen LogP contribution is 2.22. The van der Waals surface area contributed by atoms with Crippen LogP contribution in [0.15, 0.2) is 36.4 Å². The molecule has 1 heterocycles. The first kappa shape index (κ1) is 14.6. The maximum atomic E-state index is 4.75. The zero-order chi connectivity index (χ0) is 14.2. The first-order valence-electron chi connectivity index (χ1n) is 7.65. The highest BCUT2D eigenvalue weighted by atomic mass is 15.0. The topological polar surface area (TPSA) is 24.9 Å². The summed E-state index contributed by atoms with van der Waals surface area (Å²) in [5.41, 5.74) is 2.24. The molecule has 0 aliphatic heterocycles. The standard InChI is InChI=1S/C18H24N2/c1-3-5-6-7-11-16-14-15-10-8-9-12-17(15)20-18(16)19-13-4-2/h7-12,14H,3-6,13H2,1-2H3,(H,19,20)/b11-7-. The summed E-state index contributed by atoms with van der Waals surface area (Å²) in [7, 11) is 0. The van der Waals surface area contributed by atoms with Crippen molar-refractivity contribution in [3.05, 3.63) is 42.0 Å². The average Bonchev–Trinajstić information content (AvgIpc) is 2.49. The fraction of sp³-hybridized carbons (Fsp3) is 0.389. The third-order valence-corrected chi connectivity index (χ3v) is 3.32. The monoisotopic (exact) mass is 268 g/mol. The van der Waals surface area contributed by atoms with Gasteiger partial charge in [-0.2, -0.15) is 0 Å². The van der Waals surface area contributed by atoms with E-state index in [4.69, 9.17) is 4.98 Å². The van der Waals surface area contributed by atoms with Crippen LogP contribution in [0.1, 0.15) is 45.1 Å². The van der Waals surface area contributed by atoms with E-state index in [1.807, 2.05) is 6.07 Å². The van der Waals surface area contributed by atoms with Crippen molar-refractivity contribution in [3.8, 4) is 0 Å². The second kappa shape index (κ2) is 7.68. The first-order valence-corrected chi connectivity index (χ1v) is 7.65. The van der Waals surface area contributed by atoms with Crippen LogP contribution in [0.4, 0.5) is 5.82 Å². The van der Waals surface area contributed by atoms with Crippen LogP contribution in [0.2, 0.25) is 0 Å². The Morgan fingerprint density at radius 3 is 2.80 bits per heavy atom. The maximum absolute atomic E-state index is 4.75. The number of nitrogens with zero attached hydrogens (tertiary/aromatic N) is 1. The molecular formula is C18H24N2. The average molecular weight is 268 g/mol. The van der Waals surface area contributed by atoms with Gasteiger partial charge in [0.15, 0.2) is 0 Å². The zero-order valence-corrected chi connectivity index (χ0v) is 12.5. The minimum absolute atomic E-state index is 0.959. The Morgan fingerprint density at radius 2 is 2.00 bits per heavy atom. The van der Waals surface area contributed by atoms with E-state index < -0.39 is 0 Å². The van der Waals surface area contributed by atoms with Gasteiger partial charge in [-0.3, -0.25) is 0 Å². The Balaban J connectivity index is 2.30. The van der Waals surface area contributed by atoms with Crippen LogP contribution < -0.4 is 5.32 Å². The number of unbranched alkanes of at least 4 members (excludes halogenated alkanes) is 2. The van der Waals surface area contributed by atoms with Crippen LogP contribution in [0.5, 0.6) is 0 Å². The predicted octanol–water partition coefficient (Wildman–Crippen LogP) is 5.26. The first-order chi connectivity index (χ1) is 9.85. The molecular weight excluding hydrogens is 244 g/mol. The van der Waals surface area contributed by atoms with E-state index in [-0.39, 0.29) is 0 Å². The van der Waals surface area contributed by atoms with Crippen molar-refractivity contribution in [2.75, 3.05) is 11.9 Å². The van der Waals surface area contributed by atoms with E-state index in [2.05, 4.69) is 55.6 Å². The van der Waals surface area contributed by atoms with Gasteiger partial charge in [0.1, 0.15) is 5.82 Å². The fourth-order valence-electron chi connectivity index (χ4n) is 2.18. The number of benzene rings is 1. The molecule has 2 rings (SSSR count). The number of fused-ring (bicyclic) bond motifs is 1. The van der Waals surface area contributed by atoms with E-state index >= 15 is 0 Å². The number of aromatic nitrogens is 1. The Bertz CT molecular complexity index is 573. The molecule has 106 valence electrons. The number of hydrogen-bond donors (Lipinski definition) is 1. The molecule has 1 aromatic heterocycles. The smallest absolute Gasteiger partial charge is 0.133 e. The number of allylic oxidation sites excluding steroid dienone is 1. The number of rotatable bonds is 7. The highest BCUT2D eigenvalue weighted by Gasteiger charge is 2.03. The van der Waals surface area contributed by atoms with E-state index in [1.165, 1.54) is 23.8 Å². The molecule has 2 nitrogen and oxygen atoms in total. The number of hydrogen-bond acceptors (Lipinski definition) is 2. The number of pyridine rings is 1. The predicted molar refractivity (Wildman–Crippen MR) is 89.1 cm³/mol. The van der Waals surface area contributed by atoms with E-state index in [0.717, 1.165) is 30.7 Å². The lowest BCUT2D eigenvalue weighted by Crippen LogP contribution is -2.04. The van der Waals surface area contributed by atoms with Crippen molar-refractivity contribution in [2.45, 2.75) is 39.5 Å². The van der Waals surface area contributed by atoms with Crippen molar-refractivity contribution in [2.24, 2.45) is 0 Å². The van der Waals surface area contributed by atoms with Crippen LogP contribution >= 0.6 is 0 Å². The van der Waals surface area contributed by atoms with Crippen molar-refractivity contribution < 1.29 is 0 Å². The Kier molecular flexibility index (Phi) is 5.60. The second-order valence-corrected chi connectivity index (χ2v) is 5.09. The third-order valence-electron chi connectivity index (χ3n) is 3.32. The van der Waals surface area contributed by atoms with Gasteiger partial charge < -0.3 is 5.32 Å². The fourth-order valence-corrected chi connectivity index (χ4v) is 2.18. The minimum Gasteiger partial charge on any atom is -0.370 e. The number of nitrogens with one attached hydrogen (secondary N) is 1.